The number of anilines is 1. The SMILES string of the molecule is NC(=S)c1ccnc(NC2CC3CCC2C3)c1. The van der Waals surface area contributed by atoms with Crippen LogP contribution in [0.3, 0.4) is 0 Å². The van der Waals surface area contributed by atoms with E-state index in [1.165, 1.54) is 25.7 Å². The minimum Gasteiger partial charge on any atom is -0.389 e. The monoisotopic (exact) mass is 247 g/mol. The maximum atomic E-state index is 5.63. The van der Waals surface area contributed by atoms with Gasteiger partial charge in [-0.25, -0.2) is 4.98 Å². The molecule has 2 fully saturated rings. The molecule has 0 radical (unpaired) electrons. The molecule has 3 atom stereocenters. The number of nitrogens with zero attached hydrogens (tertiary/aromatic N) is 1. The Kier molecular flexibility index (Phi) is 2.74. The molecule has 17 heavy (non-hydrogen) atoms. The van der Waals surface area contributed by atoms with E-state index in [0.29, 0.717) is 11.0 Å². The van der Waals surface area contributed by atoms with E-state index in [2.05, 4.69) is 10.3 Å². The van der Waals surface area contributed by atoms with Crippen molar-refractivity contribution in [2.24, 2.45) is 17.6 Å². The van der Waals surface area contributed by atoms with E-state index in [0.717, 1.165) is 23.2 Å². The normalized spacial score (nSPS) is 30.5. The first-order chi connectivity index (χ1) is 8.22. The van der Waals surface area contributed by atoms with Crippen LogP contribution in [0.1, 0.15) is 31.2 Å². The number of pyridine rings is 1. The summed E-state index contributed by atoms with van der Waals surface area (Å²) in [6, 6.07) is 4.41. The lowest BCUT2D eigenvalue weighted by molar-refractivity contribution is 0.439. The largest absolute Gasteiger partial charge is 0.389 e. The molecule has 0 amide bonds. The van der Waals surface area contributed by atoms with Crippen LogP contribution in [-0.2, 0) is 0 Å². The van der Waals surface area contributed by atoms with Crippen LogP contribution in [0.25, 0.3) is 0 Å². The summed E-state index contributed by atoms with van der Waals surface area (Å²) in [6.07, 6.45) is 7.25. The molecule has 3 N–H and O–H groups in total. The van der Waals surface area contributed by atoms with Crippen LogP contribution >= 0.6 is 12.2 Å². The molecule has 2 aliphatic rings. The van der Waals surface area contributed by atoms with Crippen molar-refractivity contribution in [3.8, 4) is 0 Å². The molecular formula is C13H17N3S. The van der Waals surface area contributed by atoms with Crippen LogP contribution in [0.5, 0.6) is 0 Å². The van der Waals surface area contributed by atoms with E-state index in [4.69, 9.17) is 18.0 Å². The number of rotatable bonds is 3. The van der Waals surface area contributed by atoms with E-state index in [9.17, 15) is 0 Å². The van der Waals surface area contributed by atoms with Crippen molar-refractivity contribution >= 4 is 23.0 Å². The van der Waals surface area contributed by atoms with Gasteiger partial charge in [0.25, 0.3) is 0 Å². The Morgan fingerprint density at radius 1 is 1.41 bits per heavy atom. The summed E-state index contributed by atoms with van der Waals surface area (Å²) in [5, 5.41) is 3.54. The highest BCUT2D eigenvalue weighted by atomic mass is 32.1. The van der Waals surface area contributed by atoms with Gasteiger partial charge in [-0.1, -0.05) is 18.6 Å². The molecule has 3 nitrogen and oxygen atoms in total. The fraction of sp³-hybridized carbons (Fsp3) is 0.538. The maximum Gasteiger partial charge on any atom is 0.126 e. The summed E-state index contributed by atoms with van der Waals surface area (Å²) in [6.45, 7) is 0. The quantitative estimate of drug-likeness (QED) is 0.805. The molecule has 1 heterocycles. The molecule has 2 aliphatic carbocycles. The Morgan fingerprint density at radius 2 is 2.29 bits per heavy atom. The lowest BCUT2D eigenvalue weighted by Crippen LogP contribution is -2.26. The van der Waals surface area contributed by atoms with Crippen molar-refractivity contribution in [3.05, 3.63) is 23.9 Å². The van der Waals surface area contributed by atoms with Gasteiger partial charge in [0.15, 0.2) is 0 Å². The van der Waals surface area contributed by atoms with Crippen molar-refractivity contribution in [2.45, 2.75) is 31.7 Å². The molecular weight excluding hydrogens is 230 g/mol. The first-order valence-corrected chi connectivity index (χ1v) is 6.65. The number of nitrogens with one attached hydrogen (secondary N) is 1. The summed E-state index contributed by atoms with van der Waals surface area (Å²) >= 11 is 4.98. The number of fused-ring (bicyclic) bond motifs is 2. The maximum absolute atomic E-state index is 5.63. The molecule has 4 heteroatoms. The average Bonchev–Trinajstić information content (AvgIpc) is 2.91. The summed E-state index contributed by atoms with van der Waals surface area (Å²) in [5.41, 5.74) is 6.52. The van der Waals surface area contributed by atoms with E-state index in [1.54, 1.807) is 6.20 Å². The molecule has 2 saturated carbocycles. The first kappa shape index (κ1) is 11.0. The third-order valence-electron chi connectivity index (χ3n) is 4.12. The van der Waals surface area contributed by atoms with Crippen molar-refractivity contribution in [1.29, 1.82) is 0 Å². The molecule has 0 saturated heterocycles. The first-order valence-electron chi connectivity index (χ1n) is 6.25. The molecule has 1 aromatic heterocycles. The van der Waals surface area contributed by atoms with Crippen molar-refractivity contribution in [2.75, 3.05) is 5.32 Å². The predicted octanol–water partition coefficient (Wildman–Crippen LogP) is 2.32. The zero-order chi connectivity index (χ0) is 11.8. The van der Waals surface area contributed by atoms with Gasteiger partial charge in [0, 0.05) is 17.8 Å². The van der Waals surface area contributed by atoms with Gasteiger partial charge in [-0.15, -0.1) is 0 Å². The number of thiocarbonyl (C=S) groups is 1. The van der Waals surface area contributed by atoms with Gasteiger partial charge >= 0.3 is 0 Å². The molecule has 1 aromatic rings. The highest BCUT2D eigenvalue weighted by molar-refractivity contribution is 7.80. The zero-order valence-electron chi connectivity index (χ0n) is 9.73. The van der Waals surface area contributed by atoms with Gasteiger partial charge in [-0.05, 0) is 43.2 Å². The molecule has 3 unspecified atom stereocenters. The standard InChI is InChI=1S/C13H17N3S/c14-13(17)10-3-4-15-12(7-10)16-11-6-8-1-2-9(11)5-8/h3-4,7-9,11H,1-2,5-6H2,(H2,14,17)(H,15,16). The number of hydrogen-bond donors (Lipinski definition) is 2. The van der Waals surface area contributed by atoms with E-state index in [1.807, 2.05) is 12.1 Å². The highest BCUT2D eigenvalue weighted by Crippen LogP contribution is 2.45. The zero-order valence-corrected chi connectivity index (χ0v) is 10.5. The van der Waals surface area contributed by atoms with Crippen LogP contribution in [0, 0.1) is 11.8 Å². The van der Waals surface area contributed by atoms with Crippen LogP contribution < -0.4 is 11.1 Å². The minimum absolute atomic E-state index is 0.434. The summed E-state index contributed by atoms with van der Waals surface area (Å²) < 4.78 is 0. The molecule has 90 valence electrons. The Labute approximate surface area is 107 Å². The Bertz CT molecular complexity index is 446. The Balaban J connectivity index is 1.73. The van der Waals surface area contributed by atoms with Crippen molar-refractivity contribution in [1.82, 2.24) is 4.98 Å². The summed E-state index contributed by atoms with van der Waals surface area (Å²) in [7, 11) is 0. The predicted molar refractivity (Wildman–Crippen MR) is 73.0 cm³/mol. The smallest absolute Gasteiger partial charge is 0.126 e. The topological polar surface area (TPSA) is 50.9 Å². The third-order valence-corrected chi connectivity index (χ3v) is 4.35. The van der Waals surface area contributed by atoms with Gasteiger partial charge in [0.1, 0.15) is 10.8 Å². The van der Waals surface area contributed by atoms with E-state index in [-0.39, 0.29) is 0 Å². The van der Waals surface area contributed by atoms with Crippen LogP contribution in [0.15, 0.2) is 18.3 Å². The van der Waals surface area contributed by atoms with E-state index >= 15 is 0 Å². The van der Waals surface area contributed by atoms with Crippen molar-refractivity contribution < 1.29 is 0 Å². The summed E-state index contributed by atoms with van der Waals surface area (Å²) in [5.74, 6) is 2.69. The van der Waals surface area contributed by atoms with Gasteiger partial charge < -0.3 is 11.1 Å². The number of aromatic nitrogens is 1. The average molecular weight is 247 g/mol. The molecule has 0 aromatic carbocycles. The summed E-state index contributed by atoms with van der Waals surface area (Å²) in [4.78, 5) is 4.78. The minimum atomic E-state index is 0.434. The number of hydrogen-bond acceptors (Lipinski definition) is 3. The molecule has 3 rings (SSSR count). The third kappa shape index (κ3) is 2.14. The van der Waals surface area contributed by atoms with Gasteiger partial charge in [-0.3, -0.25) is 0 Å². The molecule has 2 bridgehead atoms. The highest BCUT2D eigenvalue weighted by Gasteiger charge is 2.39. The van der Waals surface area contributed by atoms with Gasteiger partial charge in [0.2, 0.25) is 0 Å². The number of nitrogens with two attached hydrogens (primary N) is 1. The van der Waals surface area contributed by atoms with Crippen LogP contribution in [0.2, 0.25) is 0 Å². The lowest BCUT2D eigenvalue weighted by atomic mass is 9.95. The van der Waals surface area contributed by atoms with Gasteiger partial charge in [0.05, 0.1) is 0 Å². The fourth-order valence-electron chi connectivity index (χ4n) is 3.27. The Hall–Kier alpha value is -1.16. The van der Waals surface area contributed by atoms with Crippen LogP contribution in [0.4, 0.5) is 5.82 Å². The second kappa shape index (κ2) is 4.26. The second-order valence-corrected chi connectivity index (χ2v) is 5.66. The second-order valence-electron chi connectivity index (χ2n) is 5.22. The molecule has 0 aliphatic heterocycles. The van der Waals surface area contributed by atoms with Gasteiger partial charge in [-0.2, -0.15) is 0 Å². The van der Waals surface area contributed by atoms with Crippen molar-refractivity contribution in [3.63, 3.8) is 0 Å². The Morgan fingerprint density at radius 3 is 2.94 bits per heavy atom. The lowest BCUT2D eigenvalue weighted by Gasteiger charge is -2.23. The van der Waals surface area contributed by atoms with Crippen LogP contribution in [-0.4, -0.2) is 16.0 Å². The fourth-order valence-corrected chi connectivity index (χ4v) is 3.40. The van der Waals surface area contributed by atoms with E-state index < -0.39 is 0 Å². The molecule has 0 spiro atoms.